The van der Waals surface area contributed by atoms with Crippen LogP contribution < -0.4 is 0 Å². The van der Waals surface area contributed by atoms with E-state index in [4.69, 9.17) is 0 Å². The highest BCUT2D eigenvalue weighted by molar-refractivity contribution is 5.80. The minimum absolute atomic E-state index is 0.120. The van der Waals surface area contributed by atoms with Gasteiger partial charge in [0.05, 0.1) is 5.41 Å². The quantitative estimate of drug-likeness (QED) is 0.720. The van der Waals surface area contributed by atoms with Crippen LogP contribution in [0.15, 0.2) is 0 Å². The molecule has 3 nitrogen and oxygen atoms in total. The molecule has 2 atom stereocenters. The first-order valence-electron chi connectivity index (χ1n) is 5.28. The van der Waals surface area contributed by atoms with Gasteiger partial charge in [-0.1, -0.05) is 0 Å². The number of alkyl halides is 2. The number of nitrogens with zero attached hydrogens (tertiary/aromatic N) is 1. The Labute approximate surface area is 86.1 Å². The zero-order valence-electron chi connectivity index (χ0n) is 8.30. The molecule has 3 aliphatic rings. The minimum Gasteiger partial charge on any atom is -0.480 e. The number of carboxylic acid groups (broad SMARTS) is 1. The molecular formula is C10H13F2NO2. The third-order valence-electron chi connectivity index (χ3n) is 4.36. The topological polar surface area (TPSA) is 40.5 Å². The van der Waals surface area contributed by atoms with E-state index in [1.807, 2.05) is 0 Å². The van der Waals surface area contributed by atoms with E-state index in [1.165, 1.54) is 0 Å². The summed E-state index contributed by atoms with van der Waals surface area (Å²) in [5.41, 5.74) is -1.98. The van der Waals surface area contributed by atoms with Gasteiger partial charge in [0.1, 0.15) is 5.54 Å². The Hall–Kier alpha value is -0.710. The maximum absolute atomic E-state index is 13.2. The van der Waals surface area contributed by atoms with Crippen molar-refractivity contribution in [2.24, 2.45) is 5.41 Å². The van der Waals surface area contributed by atoms with Crippen molar-refractivity contribution >= 4 is 5.97 Å². The van der Waals surface area contributed by atoms with Crippen molar-refractivity contribution < 1.29 is 18.7 Å². The Kier molecular flexibility index (Phi) is 1.48. The number of hydrogen-bond acceptors (Lipinski definition) is 2. The molecule has 0 aromatic rings. The van der Waals surface area contributed by atoms with Crippen molar-refractivity contribution in [3.8, 4) is 0 Å². The molecule has 0 aromatic heterocycles. The Morgan fingerprint density at radius 1 is 1.33 bits per heavy atom. The summed E-state index contributed by atoms with van der Waals surface area (Å²) in [7, 11) is 0. The van der Waals surface area contributed by atoms with E-state index in [2.05, 4.69) is 0 Å². The molecule has 3 fully saturated rings. The van der Waals surface area contributed by atoms with E-state index in [-0.39, 0.29) is 19.4 Å². The van der Waals surface area contributed by atoms with Gasteiger partial charge in [0.15, 0.2) is 0 Å². The van der Waals surface area contributed by atoms with Crippen LogP contribution in [0.3, 0.4) is 0 Å². The molecule has 1 N–H and O–H groups in total. The van der Waals surface area contributed by atoms with Crippen LogP contribution in [0.5, 0.6) is 0 Å². The van der Waals surface area contributed by atoms with Gasteiger partial charge in [-0.3, -0.25) is 9.69 Å². The molecule has 3 rings (SSSR count). The monoisotopic (exact) mass is 217 g/mol. The van der Waals surface area contributed by atoms with Crippen LogP contribution in [0.4, 0.5) is 8.78 Å². The standard InChI is InChI=1S/C10H13F2NO2/c11-10(12)5-8(10)4-9(7(14)15)2-1-3-13(9)6-8/h1-6H2,(H,14,15)/t8-,9?/m0/s1. The number of hydrogen-bond donors (Lipinski definition) is 1. The fourth-order valence-corrected chi connectivity index (χ4v) is 3.41. The highest BCUT2D eigenvalue weighted by atomic mass is 19.3. The van der Waals surface area contributed by atoms with E-state index in [1.54, 1.807) is 4.90 Å². The molecule has 2 aliphatic heterocycles. The van der Waals surface area contributed by atoms with Gasteiger partial charge in [-0.2, -0.15) is 0 Å². The van der Waals surface area contributed by atoms with Crippen molar-refractivity contribution in [2.75, 3.05) is 13.1 Å². The summed E-state index contributed by atoms with van der Waals surface area (Å²) in [5.74, 6) is -3.54. The molecule has 1 unspecified atom stereocenters. The van der Waals surface area contributed by atoms with Crippen LogP contribution in [0.25, 0.3) is 0 Å². The van der Waals surface area contributed by atoms with Crippen molar-refractivity contribution in [1.29, 1.82) is 0 Å². The van der Waals surface area contributed by atoms with Crippen molar-refractivity contribution in [1.82, 2.24) is 4.90 Å². The Bertz CT molecular complexity index is 346. The molecule has 1 spiro atoms. The number of aliphatic carboxylic acids is 1. The summed E-state index contributed by atoms with van der Waals surface area (Å²) >= 11 is 0. The number of carboxylic acids is 1. The molecule has 0 aromatic carbocycles. The van der Waals surface area contributed by atoms with E-state index in [0.717, 1.165) is 6.42 Å². The smallest absolute Gasteiger partial charge is 0.324 e. The van der Waals surface area contributed by atoms with E-state index in [0.29, 0.717) is 13.0 Å². The van der Waals surface area contributed by atoms with Crippen molar-refractivity contribution in [2.45, 2.75) is 37.1 Å². The molecule has 5 heteroatoms. The second-order valence-electron chi connectivity index (χ2n) is 5.20. The molecule has 1 aliphatic carbocycles. The summed E-state index contributed by atoms with van der Waals surface area (Å²) in [5, 5.41) is 9.22. The highest BCUT2D eigenvalue weighted by Crippen LogP contribution is 2.69. The molecular weight excluding hydrogens is 204 g/mol. The lowest BCUT2D eigenvalue weighted by Crippen LogP contribution is -2.45. The van der Waals surface area contributed by atoms with Gasteiger partial charge in [0, 0.05) is 13.0 Å². The maximum Gasteiger partial charge on any atom is 0.324 e. The van der Waals surface area contributed by atoms with Crippen LogP contribution in [-0.4, -0.2) is 40.5 Å². The van der Waals surface area contributed by atoms with Gasteiger partial charge >= 0.3 is 5.97 Å². The Morgan fingerprint density at radius 3 is 2.47 bits per heavy atom. The van der Waals surface area contributed by atoms with Crippen LogP contribution in [0.1, 0.15) is 25.7 Å². The lowest BCUT2D eigenvalue weighted by molar-refractivity contribution is -0.148. The summed E-state index contributed by atoms with van der Waals surface area (Å²) in [4.78, 5) is 13.0. The maximum atomic E-state index is 13.2. The molecule has 0 bridgehead atoms. The van der Waals surface area contributed by atoms with Crippen molar-refractivity contribution in [3.63, 3.8) is 0 Å². The lowest BCUT2D eigenvalue weighted by atomic mass is 9.88. The van der Waals surface area contributed by atoms with E-state index >= 15 is 0 Å². The molecule has 15 heavy (non-hydrogen) atoms. The Morgan fingerprint density at radius 2 is 2.00 bits per heavy atom. The summed E-state index contributed by atoms with van der Waals surface area (Å²) in [6.45, 7) is 0.927. The zero-order chi connectivity index (χ0) is 10.9. The molecule has 84 valence electrons. The first-order chi connectivity index (χ1) is 6.92. The number of rotatable bonds is 1. The summed E-state index contributed by atoms with van der Waals surface area (Å²) < 4.78 is 26.4. The van der Waals surface area contributed by atoms with E-state index in [9.17, 15) is 18.7 Å². The zero-order valence-corrected chi connectivity index (χ0v) is 8.30. The normalized spacial score (nSPS) is 47.1. The van der Waals surface area contributed by atoms with Gasteiger partial charge in [-0.15, -0.1) is 0 Å². The van der Waals surface area contributed by atoms with Crippen molar-refractivity contribution in [3.05, 3.63) is 0 Å². The average molecular weight is 217 g/mol. The average Bonchev–Trinajstić information content (AvgIpc) is 2.46. The molecule has 0 amide bonds. The summed E-state index contributed by atoms with van der Waals surface area (Å²) in [6, 6.07) is 0. The number of halogens is 2. The fourth-order valence-electron chi connectivity index (χ4n) is 3.41. The third-order valence-corrected chi connectivity index (χ3v) is 4.36. The first-order valence-corrected chi connectivity index (χ1v) is 5.28. The van der Waals surface area contributed by atoms with Gasteiger partial charge in [-0.05, 0) is 25.8 Å². The van der Waals surface area contributed by atoms with E-state index < -0.39 is 22.8 Å². The molecule has 2 heterocycles. The molecule has 1 saturated carbocycles. The van der Waals surface area contributed by atoms with Gasteiger partial charge < -0.3 is 5.11 Å². The van der Waals surface area contributed by atoms with Crippen LogP contribution in [0.2, 0.25) is 0 Å². The second-order valence-corrected chi connectivity index (χ2v) is 5.20. The summed E-state index contributed by atoms with van der Waals surface area (Å²) in [6.07, 6.45) is 1.36. The molecule has 0 radical (unpaired) electrons. The highest BCUT2D eigenvalue weighted by Gasteiger charge is 2.78. The Balaban J connectivity index is 1.93. The van der Waals surface area contributed by atoms with Crippen LogP contribution in [0, 0.1) is 5.41 Å². The van der Waals surface area contributed by atoms with Gasteiger partial charge in [0.2, 0.25) is 0 Å². The predicted octanol–water partition coefficient (Wildman–Crippen LogP) is 1.33. The van der Waals surface area contributed by atoms with Crippen LogP contribution >= 0.6 is 0 Å². The van der Waals surface area contributed by atoms with Crippen LogP contribution in [-0.2, 0) is 4.79 Å². The number of fused-ring (bicyclic) bond motifs is 1. The largest absolute Gasteiger partial charge is 0.480 e. The second kappa shape index (κ2) is 2.34. The minimum atomic E-state index is -2.63. The van der Waals surface area contributed by atoms with Gasteiger partial charge in [-0.25, -0.2) is 8.78 Å². The first kappa shape index (κ1) is 9.51. The molecule has 2 saturated heterocycles. The van der Waals surface area contributed by atoms with Gasteiger partial charge in [0.25, 0.3) is 5.92 Å². The number of carbonyl (C=O) groups is 1. The SMILES string of the molecule is O=C(O)C12CCCN1C[C@]1(C2)CC1(F)F. The third kappa shape index (κ3) is 0.947. The lowest BCUT2D eigenvalue weighted by Gasteiger charge is -2.26. The predicted molar refractivity (Wildman–Crippen MR) is 47.8 cm³/mol. The fraction of sp³-hybridized carbons (Fsp3) is 0.900.